The molecule has 0 aromatic heterocycles. The van der Waals surface area contributed by atoms with E-state index in [0.717, 1.165) is 13.3 Å². The number of hydrogen-bond donors (Lipinski definition) is 2. The lowest BCUT2D eigenvalue weighted by Gasteiger charge is -2.09. The number of halogens is 6. The van der Waals surface area contributed by atoms with Crippen molar-refractivity contribution in [3.63, 3.8) is 0 Å². The molecule has 2 unspecified atom stereocenters. The highest BCUT2D eigenvalue weighted by atomic mass is 32.2. The molecule has 2 aliphatic rings. The maximum absolute atomic E-state index is 10.8. The van der Waals surface area contributed by atoms with Crippen molar-refractivity contribution in [1.82, 2.24) is 9.80 Å². The number of rotatable bonds is 2. The third kappa shape index (κ3) is 14.5. The van der Waals surface area contributed by atoms with Gasteiger partial charge in [-0.1, -0.05) is 0 Å². The molecule has 18 heteroatoms. The van der Waals surface area contributed by atoms with E-state index in [1.54, 1.807) is 0 Å². The van der Waals surface area contributed by atoms with Crippen molar-refractivity contribution in [2.75, 3.05) is 40.5 Å². The van der Waals surface area contributed by atoms with Gasteiger partial charge in [0.25, 0.3) is 0 Å². The molecule has 0 saturated heterocycles. The summed E-state index contributed by atoms with van der Waals surface area (Å²) in [6.07, 6.45) is 8.64. The Morgan fingerprint density at radius 1 is 0.750 bits per heavy atom. The predicted molar refractivity (Wildman–Crippen MR) is 105 cm³/mol. The molecule has 0 aromatic rings. The zero-order chi connectivity index (χ0) is 26.0. The summed E-state index contributed by atoms with van der Waals surface area (Å²) in [6.45, 7) is 9.05. The largest absolute Gasteiger partial charge is 0.556 e. The van der Waals surface area contributed by atoms with Crippen LogP contribution in [0.15, 0.2) is 24.8 Å². The molecule has 0 spiro atoms. The van der Waals surface area contributed by atoms with E-state index in [-0.39, 0.29) is 0 Å². The molecule has 32 heavy (non-hydrogen) atoms. The monoisotopic (exact) mass is 522 g/mol. The molecule has 192 valence electrons. The number of sulfonamides is 2. The summed E-state index contributed by atoms with van der Waals surface area (Å²) in [5, 5.41) is 10.9. The van der Waals surface area contributed by atoms with Gasteiger partial charge in [0.2, 0.25) is 0 Å². The molecule has 0 saturated carbocycles. The Labute approximate surface area is 183 Å². The first-order valence-electron chi connectivity index (χ1n) is 8.73. The molecule has 2 atom stereocenters. The van der Waals surface area contributed by atoms with Gasteiger partial charge in [-0.2, -0.15) is 26.3 Å². The van der Waals surface area contributed by atoms with E-state index in [2.05, 4.69) is 62.5 Å². The quantitative estimate of drug-likeness (QED) is 0.502. The zero-order valence-corrected chi connectivity index (χ0v) is 19.4. The van der Waals surface area contributed by atoms with Crippen LogP contribution in [0.3, 0.4) is 0 Å². The molecule has 2 heterocycles. The highest BCUT2D eigenvalue weighted by Gasteiger charge is 2.37. The van der Waals surface area contributed by atoms with Crippen molar-refractivity contribution in [3.05, 3.63) is 35.1 Å². The maximum atomic E-state index is 10.8. The van der Waals surface area contributed by atoms with Crippen LogP contribution in [0.5, 0.6) is 0 Å². The first-order chi connectivity index (χ1) is 14.2. The van der Waals surface area contributed by atoms with Crippen LogP contribution in [0.2, 0.25) is 0 Å². The lowest BCUT2D eigenvalue weighted by atomic mass is 10.6. The van der Waals surface area contributed by atoms with Crippen LogP contribution in [0, 0.1) is 0 Å². The molecule has 0 radical (unpaired) electrons. The Morgan fingerprint density at radius 3 is 1.03 bits per heavy atom. The highest BCUT2D eigenvalue weighted by Crippen LogP contribution is 2.23. The molecular weight excluding hydrogens is 494 g/mol. The van der Waals surface area contributed by atoms with Gasteiger partial charge < -0.3 is 20.1 Å². The lowest BCUT2D eigenvalue weighted by molar-refractivity contribution is -0.846. The summed E-state index contributed by atoms with van der Waals surface area (Å²) in [5.41, 5.74) is -10.8. The fraction of sp³-hybridized carbons (Fsp3) is 0.714. The summed E-state index contributed by atoms with van der Waals surface area (Å²) in [7, 11) is -6.99. The predicted octanol–water partition coefficient (Wildman–Crippen LogP) is 0.307. The topological polar surface area (TPSA) is 131 Å². The Morgan fingerprint density at radius 2 is 0.969 bits per heavy atom. The maximum Gasteiger partial charge on any atom is 0.479 e. The minimum Gasteiger partial charge on any atom is -0.556 e. The van der Waals surface area contributed by atoms with Gasteiger partial charge in [0.15, 0.2) is 33.4 Å². The van der Waals surface area contributed by atoms with Crippen LogP contribution < -0.4 is 9.80 Å². The first kappa shape index (κ1) is 32.6. The second kappa shape index (κ2) is 13.2. The fourth-order valence-corrected chi connectivity index (χ4v) is 1.78. The van der Waals surface area contributed by atoms with E-state index in [9.17, 15) is 43.2 Å². The minimum absolute atomic E-state index is 1.14. The molecule has 0 aliphatic carbocycles. The molecule has 0 fully saturated rings. The Hall–Kier alpha value is -1.60. The van der Waals surface area contributed by atoms with Crippen LogP contribution in [-0.2, 0) is 20.0 Å². The molecule has 0 bridgehead atoms. The lowest BCUT2D eigenvalue weighted by Crippen LogP contribution is -3.06. The molecule has 2 aliphatic heterocycles. The zero-order valence-electron chi connectivity index (χ0n) is 17.7. The van der Waals surface area contributed by atoms with E-state index in [1.165, 1.54) is 22.9 Å². The van der Waals surface area contributed by atoms with E-state index >= 15 is 0 Å². The summed E-state index contributed by atoms with van der Waals surface area (Å²) in [4.78, 5) is 7.46. The fourth-order valence-electron chi connectivity index (χ4n) is 1.78. The summed E-state index contributed by atoms with van der Waals surface area (Å²) >= 11 is 0. The summed E-state index contributed by atoms with van der Waals surface area (Å²) in [6, 6.07) is 0. The molecule has 0 aromatic carbocycles. The first-order valence-corrected chi connectivity index (χ1v) is 11.7. The van der Waals surface area contributed by atoms with Gasteiger partial charge in [0, 0.05) is 14.1 Å². The minimum atomic E-state index is -5.59. The Balaban J connectivity index is 0. The van der Waals surface area contributed by atoms with E-state index in [1.807, 2.05) is 0 Å². The van der Waals surface area contributed by atoms with Crippen molar-refractivity contribution in [1.29, 1.82) is 0 Å². The molecule has 4 N–H and O–H groups in total. The van der Waals surface area contributed by atoms with Crippen LogP contribution in [-0.4, -0.2) is 78.2 Å². The normalized spacial score (nSPS) is 20.6. The van der Waals surface area contributed by atoms with Gasteiger partial charge in [-0.25, -0.2) is 16.8 Å². The number of nitrogens with zero attached hydrogens (tertiary/aromatic N) is 2. The van der Waals surface area contributed by atoms with Crippen LogP contribution in [0.1, 0.15) is 13.8 Å². The van der Waals surface area contributed by atoms with Crippen molar-refractivity contribution >= 4 is 20.0 Å². The average Bonchev–Trinajstić information content (AvgIpc) is 3.21. The Bertz CT molecular complexity index is 747. The number of alkyl halides is 6. The molecule has 2 rings (SSSR count). The van der Waals surface area contributed by atoms with Crippen molar-refractivity contribution in [3.8, 4) is 0 Å². The number of hydrogen-bond acceptors (Lipinski definition) is 6. The van der Waals surface area contributed by atoms with E-state index < -0.39 is 31.1 Å². The highest BCUT2D eigenvalue weighted by molar-refractivity contribution is 7.94. The standard InChI is InChI=1S/2C6H12N2.2CHF3NO2S/c2*1-3-8-5-4-7(2)6-8;2*2-1(3,4)8(5,6)7/h2*4-5H,3,6H2,1-2H3;2*(H-,5,6,7)/q;;2*-1/p+2. The van der Waals surface area contributed by atoms with Crippen LogP contribution in [0.4, 0.5) is 26.3 Å². The smallest absolute Gasteiger partial charge is 0.479 e. The molecule has 10 nitrogen and oxygen atoms in total. The second-order valence-electron chi connectivity index (χ2n) is 6.38. The van der Waals surface area contributed by atoms with Crippen molar-refractivity contribution < 1.29 is 53.0 Å². The Kier molecular flexibility index (Phi) is 13.4. The average molecular weight is 523 g/mol. The van der Waals surface area contributed by atoms with Gasteiger partial charge in [0.1, 0.15) is 12.4 Å². The SMILES string of the molecule is CC[NH+]1C=CN(C)C1.CC[NH+]1C=CN(C)C1.[NH-]S(=O)(=O)C(F)(F)F.[NH-]S(=O)(=O)C(F)(F)F. The summed E-state index contributed by atoms with van der Waals surface area (Å²) < 4.78 is 102. The van der Waals surface area contributed by atoms with Gasteiger partial charge in [-0.15, -0.1) is 0 Å². The van der Waals surface area contributed by atoms with Crippen LogP contribution in [0.25, 0.3) is 10.3 Å². The molecular formula is C14H28F6N6O4S2. The van der Waals surface area contributed by atoms with Crippen molar-refractivity contribution in [2.24, 2.45) is 0 Å². The van der Waals surface area contributed by atoms with Gasteiger partial charge in [-0.05, 0) is 13.8 Å². The van der Waals surface area contributed by atoms with Crippen LogP contribution >= 0.6 is 0 Å². The third-order valence-corrected chi connectivity index (χ3v) is 4.77. The van der Waals surface area contributed by atoms with E-state index in [0.29, 0.717) is 0 Å². The van der Waals surface area contributed by atoms with Gasteiger partial charge >= 0.3 is 11.0 Å². The second-order valence-corrected chi connectivity index (χ2v) is 9.32. The van der Waals surface area contributed by atoms with Gasteiger partial charge in [0.05, 0.1) is 25.5 Å². The summed E-state index contributed by atoms with van der Waals surface area (Å²) in [5.74, 6) is 0. The van der Waals surface area contributed by atoms with Crippen molar-refractivity contribution in [2.45, 2.75) is 24.9 Å². The third-order valence-electron chi connectivity index (χ3n) is 3.55. The van der Waals surface area contributed by atoms with E-state index in [4.69, 9.17) is 10.3 Å². The number of nitrogens with one attached hydrogen (secondary N) is 4. The van der Waals surface area contributed by atoms with Gasteiger partial charge in [-0.3, -0.25) is 9.80 Å². The molecule has 0 amide bonds. The number of quaternary nitrogens is 2.